The molecule has 0 aliphatic carbocycles. The predicted octanol–water partition coefficient (Wildman–Crippen LogP) is 3.40. The van der Waals surface area contributed by atoms with Gasteiger partial charge in [-0.15, -0.1) is 13.2 Å². The lowest BCUT2D eigenvalue weighted by Gasteiger charge is -2.21. The van der Waals surface area contributed by atoms with Crippen LogP contribution in [0.3, 0.4) is 0 Å². The number of hydrogen-bond donors (Lipinski definition) is 3. The summed E-state index contributed by atoms with van der Waals surface area (Å²) in [5.41, 5.74) is 7.82. The molecule has 2 aromatic carbocycles. The predicted molar refractivity (Wildman–Crippen MR) is 114 cm³/mol. The minimum atomic E-state index is -4.79. The van der Waals surface area contributed by atoms with Crippen molar-refractivity contribution >= 4 is 29.2 Å². The van der Waals surface area contributed by atoms with Crippen molar-refractivity contribution in [2.45, 2.75) is 25.4 Å². The molecule has 0 amide bonds. The highest BCUT2D eigenvalue weighted by molar-refractivity contribution is 7.80. The molecule has 32 heavy (non-hydrogen) atoms. The molecule has 172 valence electrons. The fourth-order valence-electron chi connectivity index (χ4n) is 3.33. The van der Waals surface area contributed by atoms with Crippen LogP contribution in [0.15, 0.2) is 41.5 Å². The van der Waals surface area contributed by atoms with Gasteiger partial charge < -0.3 is 20.7 Å². The number of hydrazone groups is 1. The van der Waals surface area contributed by atoms with E-state index >= 15 is 0 Å². The molecule has 1 saturated heterocycles. The first-order valence-electron chi connectivity index (χ1n) is 9.52. The van der Waals surface area contributed by atoms with Crippen molar-refractivity contribution in [1.29, 1.82) is 0 Å². The van der Waals surface area contributed by atoms with Gasteiger partial charge in [0.25, 0.3) is 0 Å². The van der Waals surface area contributed by atoms with Crippen LogP contribution in [0.4, 0.5) is 27.6 Å². The maximum atomic E-state index is 14.6. The Labute approximate surface area is 186 Å². The molecule has 3 rings (SSSR count). The highest BCUT2D eigenvalue weighted by atomic mass is 32.1. The second kappa shape index (κ2) is 10.1. The number of benzene rings is 2. The molecule has 1 aliphatic rings. The summed E-state index contributed by atoms with van der Waals surface area (Å²) in [6.07, 6.45) is -3.12. The van der Waals surface area contributed by atoms with Crippen LogP contribution >= 0.6 is 12.2 Å². The summed E-state index contributed by atoms with van der Waals surface area (Å²) in [5, 5.41) is 6.65. The molecule has 6 nitrogen and oxygen atoms in total. The maximum Gasteiger partial charge on any atom is 0.573 e. The number of ether oxygens (including phenoxy) is 1. The van der Waals surface area contributed by atoms with Gasteiger partial charge in [0.05, 0.1) is 11.9 Å². The summed E-state index contributed by atoms with van der Waals surface area (Å²) in [6, 6.07) is 7.79. The Morgan fingerprint density at radius 3 is 2.72 bits per heavy atom. The van der Waals surface area contributed by atoms with E-state index in [-0.39, 0.29) is 34.7 Å². The van der Waals surface area contributed by atoms with Gasteiger partial charge in [-0.25, -0.2) is 8.78 Å². The van der Waals surface area contributed by atoms with Gasteiger partial charge in [0.15, 0.2) is 5.11 Å². The van der Waals surface area contributed by atoms with Crippen molar-refractivity contribution in [3.63, 3.8) is 0 Å². The lowest BCUT2D eigenvalue weighted by molar-refractivity contribution is -0.274. The average Bonchev–Trinajstić information content (AvgIpc) is 3.17. The fraction of sp³-hybridized carbons (Fsp3) is 0.300. The van der Waals surface area contributed by atoms with Gasteiger partial charge in [0.1, 0.15) is 17.4 Å². The van der Waals surface area contributed by atoms with Crippen molar-refractivity contribution in [2.24, 2.45) is 10.8 Å². The summed E-state index contributed by atoms with van der Waals surface area (Å²) in [7, 11) is 0. The van der Waals surface area contributed by atoms with Gasteiger partial charge in [-0.2, -0.15) is 5.10 Å². The third-order valence-corrected chi connectivity index (χ3v) is 4.84. The third kappa shape index (κ3) is 6.50. The topological polar surface area (TPSA) is 74.9 Å². The Balaban J connectivity index is 1.62. The lowest BCUT2D eigenvalue weighted by atomic mass is 10.1. The van der Waals surface area contributed by atoms with Gasteiger partial charge in [0, 0.05) is 42.9 Å². The molecule has 0 bridgehead atoms. The van der Waals surface area contributed by atoms with E-state index in [2.05, 4.69) is 32.8 Å². The fourth-order valence-corrected chi connectivity index (χ4v) is 3.39. The normalized spacial score (nSPS) is 16.5. The van der Waals surface area contributed by atoms with Crippen LogP contribution in [0.1, 0.15) is 17.5 Å². The first-order chi connectivity index (χ1) is 15.1. The van der Waals surface area contributed by atoms with Crippen LogP contribution in [0.5, 0.6) is 5.75 Å². The van der Waals surface area contributed by atoms with Gasteiger partial charge in [-0.1, -0.05) is 18.2 Å². The molecule has 1 heterocycles. The van der Waals surface area contributed by atoms with Crippen molar-refractivity contribution < 1.29 is 26.7 Å². The second-order valence-corrected chi connectivity index (χ2v) is 7.47. The largest absolute Gasteiger partial charge is 0.573 e. The molecule has 4 N–H and O–H groups in total. The smallest absolute Gasteiger partial charge is 0.405 e. The van der Waals surface area contributed by atoms with Crippen molar-refractivity contribution in [2.75, 3.05) is 18.0 Å². The zero-order valence-corrected chi connectivity index (χ0v) is 17.4. The quantitative estimate of drug-likeness (QED) is 0.248. The van der Waals surface area contributed by atoms with E-state index in [9.17, 15) is 22.0 Å². The molecule has 0 spiro atoms. The summed E-state index contributed by atoms with van der Waals surface area (Å²) in [5.74, 6) is -1.59. The van der Waals surface area contributed by atoms with Crippen LogP contribution in [-0.2, 0) is 6.54 Å². The molecule has 1 atom stereocenters. The number of thiocarbonyl (C=S) groups is 1. The van der Waals surface area contributed by atoms with E-state index in [1.165, 1.54) is 18.2 Å². The van der Waals surface area contributed by atoms with E-state index in [1.54, 1.807) is 11.0 Å². The van der Waals surface area contributed by atoms with Crippen LogP contribution < -0.4 is 26.1 Å². The summed E-state index contributed by atoms with van der Waals surface area (Å²) in [6.45, 7) is 0.938. The first-order valence-corrected chi connectivity index (χ1v) is 9.93. The number of alkyl halides is 3. The molecule has 1 aliphatic heterocycles. The van der Waals surface area contributed by atoms with Gasteiger partial charge >= 0.3 is 6.36 Å². The van der Waals surface area contributed by atoms with Crippen LogP contribution in [0.2, 0.25) is 0 Å². The Morgan fingerprint density at radius 2 is 2.00 bits per heavy atom. The van der Waals surface area contributed by atoms with Crippen LogP contribution in [0.25, 0.3) is 0 Å². The Morgan fingerprint density at radius 1 is 1.25 bits per heavy atom. The molecule has 0 radical (unpaired) electrons. The van der Waals surface area contributed by atoms with Crippen LogP contribution in [0, 0.1) is 11.6 Å². The molecule has 12 heteroatoms. The zero-order chi connectivity index (χ0) is 23.3. The number of hydrogen-bond acceptors (Lipinski definition) is 5. The zero-order valence-electron chi connectivity index (χ0n) is 16.6. The molecule has 1 fully saturated rings. The highest BCUT2D eigenvalue weighted by Crippen LogP contribution is 2.28. The van der Waals surface area contributed by atoms with Crippen LogP contribution in [-0.4, -0.2) is 36.8 Å². The molecular weight excluding hydrogens is 453 g/mol. The minimum Gasteiger partial charge on any atom is -0.405 e. The average molecular weight is 473 g/mol. The number of nitrogens with zero attached hydrogens (tertiary/aromatic N) is 2. The molecule has 0 saturated carbocycles. The SMILES string of the molecule is NC(=S)N/N=C/c1cc(F)c(N2CCC(NCc3ccccc3OC(F)(F)F)C2)cc1F. The minimum absolute atomic E-state index is 0.0786. The van der Waals surface area contributed by atoms with E-state index < -0.39 is 18.0 Å². The number of nitrogens with two attached hydrogens (primary N) is 1. The molecule has 0 aromatic heterocycles. The number of rotatable bonds is 7. The van der Waals surface area contributed by atoms with Crippen molar-refractivity contribution in [1.82, 2.24) is 10.7 Å². The number of halogens is 5. The van der Waals surface area contributed by atoms with Crippen molar-refractivity contribution in [3.8, 4) is 5.75 Å². The first kappa shape index (κ1) is 23.7. The molecular formula is C20H20F5N5OS. The lowest BCUT2D eigenvalue weighted by Crippen LogP contribution is -2.32. The monoisotopic (exact) mass is 473 g/mol. The standard InChI is InChI=1S/C20H20F5N5OS/c21-15-8-17(16(22)7-13(15)10-28-29-19(26)32)30-6-5-14(11-30)27-9-12-3-1-2-4-18(12)31-20(23,24)25/h1-4,7-8,10,14,27H,5-6,9,11H2,(H3,26,29,32)/b28-10+. The van der Waals surface area contributed by atoms with Gasteiger partial charge in [-0.3, -0.25) is 5.43 Å². The van der Waals surface area contributed by atoms with E-state index in [0.717, 1.165) is 18.3 Å². The third-order valence-electron chi connectivity index (χ3n) is 4.75. The second-order valence-electron chi connectivity index (χ2n) is 7.03. The van der Waals surface area contributed by atoms with Gasteiger partial charge in [-0.05, 0) is 30.8 Å². The summed E-state index contributed by atoms with van der Waals surface area (Å²) >= 11 is 4.57. The Kier molecular flexibility index (Phi) is 7.46. The number of anilines is 1. The molecule has 2 aromatic rings. The Hall–Kier alpha value is -2.99. The van der Waals surface area contributed by atoms with E-state index in [0.29, 0.717) is 25.1 Å². The van der Waals surface area contributed by atoms with E-state index in [4.69, 9.17) is 5.73 Å². The highest BCUT2D eigenvalue weighted by Gasteiger charge is 2.32. The summed E-state index contributed by atoms with van der Waals surface area (Å²) < 4.78 is 70.7. The van der Waals surface area contributed by atoms with Crippen molar-refractivity contribution in [3.05, 3.63) is 59.2 Å². The van der Waals surface area contributed by atoms with Gasteiger partial charge in [0.2, 0.25) is 0 Å². The summed E-state index contributed by atoms with van der Waals surface area (Å²) in [4.78, 5) is 1.67. The Bertz CT molecular complexity index is 1000. The van der Waals surface area contributed by atoms with E-state index in [1.807, 2.05) is 0 Å². The number of nitrogens with one attached hydrogen (secondary N) is 2. The number of para-hydroxylation sites is 1. The maximum absolute atomic E-state index is 14.6. The molecule has 1 unspecified atom stereocenters.